The fraction of sp³-hybridized carbons (Fsp3) is 0.400. The Hall–Kier alpha value is -2.81. The van der Waals surface area contributed by atoms with Crippen molar-refractivity contribution in [3.8, 4) is 5.75 Å². The summed E-state index contributed by atoms with van der Waals surface area (Å²) in [4.78, 5) is 17.0. The molecule has 0 saturated carbocycles. The summed E-state index contributed by atoms with van der Waals surface area (Å²) >= 11 is 1.05. The van der Waals surface area contributed by atoms with Gasteiger partial charge in [-0.05, 0) is 36.1 Å². The highest BCUT2D eigenvalue weighted by atomic mass is 32.1. The Morgan fingerprint density at radius 2 is 1.94 bits per heavy atom. The fourth-order valence-electron chi connectivity index (χ4n) is 4.42. The second kappa shape index (κ2) is 10.4. The maximum Gasteiger partial charge on any atom is 0.275 e. The van der Waals surface area contributed by atoms with Crippen LogP contribution in [0.5, 0.6) is 5.75 Å². The molecule has 0 unspecified atom stereocenters. The van der Waals surface area contributed by atoms with Gasteiger partial charge < -0.3 is 14.4 Å². The molecule has 3 aromatic rings. The standard InChI is InChI=1S/C25H28N4O3S/c30-25(23-15-26-33-27-23)29-12-13-31-24-7-6-20(14-21(24)17-29)16-28-10-8-22(9-11-28)32-18-19-4-2-1-3-5-19/h1-7,14-15,22H,8-13,16-18H2. The minimum Gasteiger partial charge on any atom is -0.491 e. The molecule has 0 atom stereocenters. The number of aromatic nitrogens is 2. The van der Waals surface area contributed by atoms with Crippen LogP contribution in [0.4, 0.5) is 0 Å². The molecule has 0 bridgehead atoms. The molecule has 0 spiro atoms. The quantitative estimate of drug-likeness (QED) is 0.554. The molecule has 172 valence electrons. The zero-order valence-corrected chi connectivity index (χ0v) is 19.4. The smallest absolute Gasteiger partial charge is 0.275 e. The molecular weight excluding hydrogens is 436 g/mol. The van der Waals surface area contributed by atoms with Gasteiger partial charge in [-0.25, -0.2) is 0 Å². The van der Waals surface area contributed by atoms with Gasteiger partial charge in [0.05, 0.1) is 37.2 Å². The molecule has 5 rings (SSSR count). The van der Waals surface area contributed by atoms with Crippen LogP contribution in [-0.2, 0) is 24.4 Å². The van der Waals surface area contributed by atoms with Gasteiger partial charge in [-0.1, -0.05) is 36.4 Å². The van der Waals surface area contributed by atoms with Crippen LogP contribution in [0.2, 0.25) is 0 Å². The third-order valence-electron chi connectivity index (χ3n) is 6.24. The van der Waals surface area contributed by atoms with E-state index in [1.165, 1.54) is 17.3 Å². The lowest BCUT2D eigenvalue weighted by molar-refractivity contribution is -0.00394. The molecule has 7 nitrogen and oxygen atoms in total. The van der Waals surface area contributed by atoms with Gasteiger partial charge in [0.2, 0.25) is 0 Å². The van der Waals surface area contributed by atoms with Crippen LogP contribution in [0, 0.1) is 0 Å². The van der Waals surface area contributed by atoms with E-state index in [0.29, 0.717) is 38.1 Å². The highest BCUT2D eigenvalue weighted by Gasteiger charge is 2.24. The lowest BCUT2D eigenvalue weighted by atomic mass is 10.0. The predicted octanol–water partition coefficient (Wildman–Crippen LogP) is 3.75. The van der Waals surface area contributed by atoms with Crippen LogP contribution in [0.25, 0.3) is 0 Å². The van der Waals surface area contributed by atoms with Crippen LogP contribution in [0.15, 0.2) is 54.7 Å². The van der Waals surface area contributed by atoms with Crippen molar-refractivity contribution < 1.29 is 14.3 Å². The molecule has 2 aliphatic rings. The van der Waals surface area contributed by atoms with E-state index in [4.69, 9.17) is 9.47 Å². The first-order valence-corrected chi connectivity index (χ1v) is 12.2. The average molecular weight is 465 g/mol. The molecule has 0 aliphatic carbocycles. The molecule has 1 fully saturated rings. The largest absolute Gasteiger partial charge is 0.491 e. The van der Waals surface area contributed by atoms with Crippen LogP contribution in [0.1, 0.15) is 40.0 Å². The topological polar surface area (TPSA) is 67.8 Å². The minimum atomic E-state index is -0.0943. The van der Waals surface area contributed by atoms with E-state index in [1.807, 2.05) is 12.1 Å². The maximum atomic E-state index is 12.8. The molecule has 1 aromatic heterocycles. The summed E-state index contributed by atoms with van der Waals surface area (Å²) in [7, 11) is 0. The number of hydrogen-bond acceptors (Lipinski definition) is 7. The summed E-state index contributed by atoms with van der Waals surface area (Å²) in [6, 6.07) is 16.7. The van der Waals surface area contributed by atoms with Crippen LogP contribution >= 0.6 is 11.7 Å². The lowest BCUT2D eigenvalue weighted by Gasteiger charge is -2.32. The summed E-state index contributed by atoms with van der Waals surface area (Å²) in [6.07, 6.45) is 3.94. The lowest BCUT2D eigenvalue weighted by Crippen LogP contribution is -2.36. The number of amides is 1. The molecule has 2 aliphatic heterocycles. The van der Waals surface area contributed by atoms with Crippen molar-refractivity contribution in [3.05, 3.63) is 77.1 Å². The Bertz CT molecular complexity index is 1050. The zero-order chi connectivity index (χ0) is 22.5. The highest BCUT2D eigenvalue weighted by molar-refractivity contribution is 6.99. The Labute approximate surface area is 198 Å². The van der Waals surface area contributed by atoms with E-state index >= 15 is 0 Å². The molecule has 1 amide bonds. The van der Waals surface area contributed by atoms with E-state index < -0.39 is 0 Å². The first-order valence-electron chi connectivity index (χ1n) is 11.4. The Balaban J connectivity index is 1.16. The molecule has 2 aromatic carbocycles. The first-order chi connectivity index (χ1) is 16.2. The van der Waals surface area contributed by atoms with E-state index in [0.717, 1.165) is 55.5 Å². The predicted molar refractivity (Wildman–Crippen MR) is 126 cm³/mol. The van der Waals surface area contributed by atoms with E-state index in [1.54, 1.807) is 4.90 Å². The van der Waals surface area contributed by atoms with Crippen LogP contribution < -0.4 is 4.74 Å². The molecule has 1 saturated heterocycles. The number of carbonyl (C=O) groups is 1. The van der Waals surface area contributed by atoms with Crippen LogP contribution in [-0.4, -0.2) is 56.8 Å². The summed E-state index contributed by atoms with van der Waals surface area (Å²) in [5.41, 5.74) is 3.91. The summed E-state index contributed by atoms with van der Waals surface area (Å²) in [5.74, 6) is 0.765. The van der Waals surface area contributed by atoms with Crippen LogP contribution in [0.3, 0.4) is 0 Å². The molecular formula is C25H28N4O3S. The van der Waals surface area contributed by atoms with Crippen molar-refractivity contribution in [2.24, 2.45) is 0 Å². The Morgan fingerprint density at radius 3 is 2.73 bits per heavy atom. The Kier molecular flexibility index (Phi) is 6.95. The van der Waals surface area contributed by atoms with Gasteiger partial charge >= 0.3 is 0 Å². The third kappa shape index (κ3) is 5.58. The van der Waals surface area contributed by atoms with E-state index in [2.05, 4.69) is 50.0 Å². The number of hydrogen-bond donors (Lipinski definition) is 0. The normalized spacial score (nSPS) is 17.3. The monoisotopic (exact) mass is 464 g/mol. The van der Waals surface area contributed by atoms with Gasteiger partial charge in [0.15, 0.2) is 5.69 Å². The number of rotatable bonds is 6. The third-order valence-corrected chi connectivity index (χ3v) is 6.72. The van der Waals surface area contributed by atoms with Gasteiger partial charge in [0.25, 0.3) is 5.91 Å². The average Bonchev–Trinajstić information content (AvgIpc) is 3.31. The number of ether oxygens (including phenoxy) is 2. The fourth-order valence-corrected chi connectivity index (χ4v) is 4.83. The number of carbonyl (C=O) groups excluding carboxylic acids is 1. The molecule has 3 heterocycles. The molecule has 0 radical (unpaired) electrons. The van der Waals surface area contributed by atoms with Gasteiger partial charge in [0, 0.05) is 31.7 Å². The number of fused-ring (bicyclic) bond motifs is 1. The summed E-state index contributed by atoms with van der Waals surface area (Å²) in [6.45, 7) is 5.16. The van der Waals surface area contributed by atoms with E-state index in [-0.39, 0.29) is 5.91 Å². The van der Waals surface area contributed by atoms with Crippen molar-refractivity contribution in [1.82, 2.24) is 18.5 Å². The van der Waals surface area contributed by atoms with Crippen molar-refractivity contribution in [1.29, 1.82) is 0 Å². The van der Waals surface area contributed by atoms with Crippen molar-refractivity contribution in [3.63, 3.8) is 0 Å². The van der Waals surface area contributed by atoms with Gasteiger partial charge in [-0.3, -0.25) is 9.69 Å². The number of likely N-dealkylation sites (tertiary alicyclic amines) is 1. The summed E-state index contributed by atoms with van der Waals surface area (Å²) < 4.78 is 20.1. The summed E-state index contributed by atoms with van der Waals surface area (Å²) in [5, 5.41) is 0. The van der Waals surface area contributed by atoms with Gasteiger partial charge in [-0.15, -0.1) is 0 Å². The van der Waals surface area contributed by atoms with Crippen molar-refractivity contribution in [2.45, 2.75) is 38.6 Å². The first kappa shape index (κ1) is 22.0. The maximum absolute atomic E-state index is 12.8. The molecule has 33 heavy (non-hydrogen) atoms. The van der Waals surface area contributed by atoms with Crippen molar-refractivity contribution >= 4 is 17.6 Å². The number of nitrogens with zero attached hydrogens (tertiary/aromatic N) is 4. The zero-order valence-electron chi connectivity index (χ0n) is 18.6. The molecule has 8 heteroatoms. The minimum absolute atomic E-state index is 0.0943. The van der Waals surface area contributed by atoms with Gasteiger partial charge in [0.1, 0.15) is 12.4 Å². The number of piperidine rings is 1. The molecule has 0 N–H and O–H groups in total. The van der Waals surface area contributed by atoms with E-state index in [9.17, 15) is 4.79 Å². The van der Waals surface area contributed by atoms with Gasteiger partial charge in [-0.2, -0.15) is 8.75 Å². The second-order valence-electron chi connectivity index (χ2n) is 8.58. The Morgan fingerprint density at radius 1 is 1.09 bits per heavy atom. The highest BCUT2D eigenvalue weighted by Crippen LogP contribution is 2.26. The second-order valence-corrected chi connectivity index (χ2v) is 9.14. The number of benzene rings is 2. The SMILES string of the molecule is O=C(c1cnsn1)N1CCOc2ccc(CN3CCC(OCc4ccccc4)CC3)cc2C1. The van der Waals surface area contributed by atoms with Crippen molar-refractivity contribution in [2.75, 3.05) is 26.2 Å².